The van der Waals surface area contributed by atoms with Crippen LogP contribution >= 0.6 is 46.3 Å². The van der Waals surface area contributed by atoms with Crippen LogP contribution in [0.25, 0.3) is 0 Å². The summed E-state index contributed by atoms with van der Waals surface area (Å²) in [4.78, 5) is 81.4. The Morgan fingerprint density at radius 3 is 1.92 bits per heavy atom. The van der Waals surface area contributed by atoms with Gasteiger partial charge in [-0.25, -0.2) is 9.78 Å². The number of halogens is 2. The molecule has 3 saturated heterocycles. The second-order valence-electron chi connectivity index (χ2n) is 25.3. The van der Waals surface area contributed by atoms with E-state index in [1.54, 1.807) is 30.0 Å². The number of thiazole rings is 1. The number of aryl methyl sites for hydroxylation is 1. The highest BCUT2D eigenvalue weighted by atomic mass is 35.5. The number of carbonyl (C=O) groups is 4. The summed E-state index contributed by atoms with van der Waals surface area (Å²) in [6.07, 6.45) is 6.33. The fraction of sp³-hybridized carbons (Fsp3) is 0.449. The van der Waals surface area contributed by atoms with E-state index in [1.807, 2.05) is 109 Å². The summed E-state index contributed by atoms with van der Waals surface area (Å²) in [5, 5.41) is 4.72. The maximum atomic E-state index is 15.8. The first-order valence-electron chi connectivity index (χ1n) is 31.2. The average molecular weight is 1280 g/mol. The Labute approximate surface area is 542 Å². The smallest absolute Gasteiger partial charge is 0.326 e. The molecule has 1 N–H and O–H groups in total. The number of hydrogen-bond acceptors (Lipinski definition) is 13. The zero-order valence-corrected chi connectivity index (χ0v) is 55.8. The Kier molecular flexibility index (Phi) is 19.1. The molecule has 16 nitrogen and oxygen atoms in total. The highest BCUT2D eigenvalue weighted by molar-refractivity contribution is 8.01. The van der Waals surface area contributed by atoms with Gasteiger partial charge in [0.2, 0.25) is 5.91 Å². The summed E-state index contributed by atoms with van der Waals surface area (Å²) >= 11 is 16.0. The molecule has 5 aromatic carbocycles. The molecule has 6 aromatic rings. The average Bonchev–Trinajstić information content (AvgIpc) is 1.59. The van der Waals surface area contributed by atoms with Gasteiger partial charge in [-0.1, -0.05) is 104 Å². The minimum Gasteiger partial charge on any atom is -0.496 e. The lowest BCUT2D eigenvalue weighted by molar-refractivity contribution is -0.130. The van der Waals surface area contributed by atoms with Crippen molar-refractivity contribution in [2.45, 2.75) is 119 Å². The topological polar surface area (TPSA) is 147 Å². The van der Waals surface area contributed by atoms with Crippen molar-refractivity contribution < 1.29 is 28.7 Å². The van der Waals surface area contributed by atoms with Gasteiger partial charge in [0.25, 0.3) is 11.8 Å². The van der Waals surface area contributed by atoms with E-state index in [-0.39, 0.29) is 29.2 Å². The maximum absolute atomic E-state index is 15.8. The van der Waals surface area contributed by atoms with Gasteiger partial charge in [-0.2, -0.15) is 0 Å². The number of anilines is 2. The molecule has 4 fully saturated rings. The molecule has 89 heavy (non-hydrogen) atoms. The number of methoxy groups -OCH3 is 1. The molecule has 2 unspecified atom stereocenters. The summed E-state index contributed by atoms with van der Waals surface area (Å²) < 4.78 is 13.0. The zero-order valence-electron chi connectivity index (χ0n) is 52.6. The van der Waals surface area contributed by atoms with Crippen LogP contribution in [0, 0.1) is 6.92 Å². The molecule has 0 spiro atoms. The van der Waals surface area contributed by atoms with E-state index in [9.17, 15) is 14.4 Å². The van der Waals surface area contributed by atoms with Gasteiger partial charge in [-0.05, 0) is 147 Å². The van der Waals surface area contributed by atoms with E-state index in [0.29, 0.717) is 102 Å². The van der Waals surface area contributed by atoms with Crippen LogP contribution in [0.3, 0.4) is 0 Å². The number of nitrogens with one attached hydrogen (secondary N) is 1. The lowest BCUT2D eigenvalue weighted by Crippen LogP contribution is -2.61. The monoisotopic (exact) mass is 1280 g/mol. The van der Waals surface area contributed by atoms with Crippen molar-refractivity contribution in [3.63, 3.8) is 0 Å². The second-order valence-corrected chi connectivity index (χ2v) is 28.6. The molecule has 5 aliphatic rings. The van der Waals surface area contributed by atoms with Gasteiger partial charge < -0.3 is 29.1 Å². The molecule has 1 saturated carbocycles. The quantitative estimate of drug-likeness (QED) is 0.111. The van der Waals surface area contributed by atoms with Crippen LogP contribution in [0.15, 0.2) is 123 Å². The van der Waals surface area contributed by atoms with Crippen molar-refractivity contribution in [1.29, 1.82) is 0 Å². The Bertz CT molecular complexity index is 3590. The lowest BCUT2D eigenvalue weighted by Gasteiger charge is -2.49. The first-order chi connectivity index (χ1) is 42.6. The fourth-order valence-corrected chi connectivity index (χ4v) is 15.7. The van der Waals surface area contributed by atoms with Gasteiger partial charge >= 0.3 is 6.03 Å². The standard InChI is InChI=1S/C69H82Cl2N10O6S2/c1-10-87-59-41-50(67(4,5)6)20-27-56(59)62-74-68(7,48-16-21-51(70)22-17-48)69(8,49-18-23-52(71)24-19-49)81(62)66(85)80-38-34-78(35-39-80)55-13-11-12-54(42-55)77-32-30-76(31-33-77)53-25-14-47(15-26-53)63(83)73-65-72-44-61(89-65)88-60-43-57(58(86-9)40-45(60)2)64(84)79-36-28-75(29-37-79)46(3)82/h14-27,40-41,43-44,54-55H,10-13,28-39,42H2,1-9H3,(H,72,73,83)/t54?,55?,68-,69+/m0/s1. The number of nitrogens with zero attached hydrogens (tertiary/aromatic N) is 9. The third-order valence-corrected chi connectivity index (χ3v) is 21.7. The van der Waals surface area contributed by atoms with E-state index in [2.05, 4.69) is 77.8 Å². The molecule has 1 aliphatic carbocycles. The van der Waals surface area contributed by atoms with E-state index in [4.69, 9.17) is 37.7 Å². The van der Waals surface area contributed by atoms with Crippen molar-refractivity contribution in [1.82, 2.24) is 34.4 Å². The minimum absolute atomic E-state index is 0.00935. The number of carbonyl (C=O) groups excluding carboxylic acids is 4. The predicted octanol–water partition coefficient (Wildman–Crippen LogP) is 12.9. The molecular formula is C69H82Cl2N10O6S2. The lowest BCUT2D eigenvalue weighted by atomic mass is 9.71. The van der Waals surface area contributed by atoms with Crippen molar-refractivity contribution in [2.24, 2.45) is 4.99 Å². The number of benzene rings is 5. The number of amidine groups is 1. The fourth-order valence-electron chi connectivity index (χ4n) is 13.6. The normalized spacial score (nSPS) is 22.1. The molecule has 5 heterocycles. The van der Waals surface area contributed by atoms with Crippen LogP contribution in [0.1, 0.15) is 123 Å². The third-order valence-electron chi connectivity index (χ3n) is 19.0. The third kappa shape index (κ3) is 13.3. The van der Waals surface area contributed by atoms with Crippen LogP contribution in [0.4, 0.5) is 15.6 Å². The van der Waals surface area contributed by atoms with E-state index in [0.717, 1.165) is 94.7 Å². The Morgan fingerprint density at radius 2 is 1.33 bits per heavy atom. The van der Waals surface area contributed by atoms with Gasteiger partial charge in [0.1, 0.15) is 28.4 Å². The van der Waals surface area contributed by atoms with E-state index >= 15 is 4.79 Å². The van der Waals surface area contributed by atoms with Crippen molar-refractivity contribution >= 4 is 86.7 Å². The molecule has 0 bridgehead atoms. The van der Waals surface area contributed by atoms with Crippen LogP contribution in [-0.2, 0) is 21.3 Å². The highest BCUT2D eigenvalue weighted by Crippen LogP contribution is 2.54. The van der Waals surface area contributed by atoms with Gasteiger partial charge in [0.15, 0.2) is 5.13 Å². The van der Waals surface area contributed by atoms with Crippen molar-refractivity contribution in [3.8, 4) is 11.5 Å². The molecule has 4 aliphatic heterocycles. The van der Waals surface area contributed by atoms with Crippen LogP contribution in [-0.4, -0.2) is 168 Å². The highest BCUT2D eigenvalue weighted by Gasteiger charge is 2.60. The number of rotatable bonds is 14. The molecule has 470 valence electrons. The number of aliphatic imine (C=N–C) groups is 1. The first kappa shape index (κ1) is 63.9. The number of amides is 5. The zero-order chi connectivity index (χ0) is 62.9. The minimum atomic E-state index is -1.01. The number of aromatic nitrogens is 1. The molecule has 0 radical (unpaired) electrons. The molecule has 20 heteroatoms. The number of urea groups is 1. The summed E-state index contributed by atoms with van der Waals surface area (Å²) in [6, 6.07) is 34.4. The van der Waals surface area contributed by atoms with Gasteiger partial charge in [-0.15, -0.1) is 0 Å². The summed E-state index contributed by atoms with van der Waals surface area (Å²) in [5.41, 5.74) is 4.71. The van der Waals surface area contributed by atoms with Crippen LogP contribution in [0.2, 0.25) is 10.0 Å². The summed E-state index contributed by atoms with van der Waals surface area (Å²) in [5.74, 6) is 1.41. The SMILES string of the molecule is CCOc1cc(C(C)(C)C)ccc1C1=N[C@@](C)(c2ccc(Cl)cc2)[C@@](C)(c2ccc(Cl)cc2)N1C(=O)N1CCN(C2CCCC(N3CCN(c4ccc(C(=O)Nc5ncc(Sc6cc(C(=O)N7CCN(C(C)=O)CC7)c(OC)cc6C)s5)cc4)CC3)C2)CC1. The predicted molar refractivity (Wildman–Crippen MR) is 357 cm³/mol. The largest absolute Gasteiger partial charge is 0.496 e. The Morgan fingerprint density at radius 1 is 0.730 bits per heavy atom. The molecule has 5 amide bonds. The first-order valence-corrected chi connectivity index (χ1v) is 33.5. The van der Waals surface area contributed by atoms with Gasteiger partial charge in [-0.3, -0.25) is 39.4 Å². The van der Waals surface area contributed by atoms with E-state index in [1.165, 1.54) is 35.9 Å². The molecule has 11 rings (SSSR count). The molecule has 4 atom stereocenters. The van der Waals surface area contributed by atoms with Crippen molar-refractivity contribution in [3.05, 3.63) is 158 Å². The number of piperazine rings is 3. The van der Waals surface area contributed by atoms with Gasteiger partial charge in [0.05, 0.1) is 35.2 Å². The Hall–Kier alpha value is -6.67. The van der Waals surface area contributed by atoms with Gasteiger partial charge in [0, 0.05) is 124 Å². The maximum Gasteiger partial charge on any atom is 0.326 e. The number of ether oxygens (including phenoxy) is 2. The van der Waals surface area contributed by atoms with E-state index < -0.39 is 11.1 Å². The van der Waals surface area contributed by atoms with Crippen LogP contribution < -0.4 is 19.7 Å². The molecular weight excluding hydrogens is 1200 g/mol. The molecule has 1 aromatic heterocycles. The van der Waals surface area contributed by atoms with Crippen LogP contribution in [0.5, 0.6) is 11.5 Å². The Balaban J connectivity index is 0.705. The van der Waals surface area contributed by atoms with Crippen molar-refractivity contribution in [2.75, 3.05) is 102 Å². The summed E-state index contributed by atoms with van der Waals surface area (Å²) in [7, 11) is 1.56. The second kappa shape index (κ2) is 26.7. The number of hydrogen-bond donors (Lipinski definition) is 1. The summed E-state index contributed by atoms with van der Waals surface area (Å²) in [6.45, 7) is 25.2.